The quantitative estimate of drug-likeness (QED) is 0.118. The van der Waals surface area contributed by atoms with E-state index in [0.717, 1.165) is 96.0 Å². The lowest BCUT2D eigenvalue weighted by Crippen LogP contribution is -2.42. The van der Waals surface area contributed by atoms with Crippen LogP contribution in [0, 0.1) is 0 Å². The number of fused-ring (bicyclic) bond motifs is 1. The summed E-state index contributed by atoms with van der Waals surface area (Å²) < 4.78 is 0. The van der Waals surface area contributed by atoms with E-state index in [0.29, 0.717) is 13.1 Å². The number of aryl methyl sites for hydroxylation is 1. The van der Waals surface area contributed by atoms with E-state index >= 15 is 0 Å². The highest BCUT2D eigenvalue weighted by molar-refractivity contribution is 5.72. The fourth-order valence-electron chi connectivity index (χ4n) is 3.79. The van der Waals surface area contributed by atoms with Gasteiger partial charge in [0.15, 0.2) is 0 Å². The van der Waals surface area contributed by atoms with Crippen molar-refractivity contribution in [2.75, 3.05) is 85.1 Å². The molecule has 1 aromatic heterocycles. The van der Waals surface area contributed by atoms with Crippen molar-refractivity contribution in [3.63, 3.8) is 0 Å². The van der Waals surface area contributed by atoms with Crippen LogP contribution in [0.25, 0.3) is 11.0 Å². The van der Waals surface area contributed by atoms with Crippen molar-refractivity contribution in [1.29, 1.82) is 0 Å². The average molecular weight is 477 g/mol. The summed E-state index contributed by atoms with van der Waals surface area (Å²) in [7, 11) is 0. The molecule has 194 valence electrons. The molecule has 0 aliphatic carbocycles. The molecule has 2 aromatic rings. The molecular formula is C24H48N10. The Labute approximate surface area is 205 Å². The van der Waals surface area contributed by atoms with E-state index in [4.69, 9.17) is 11.5 Å². The van der Waals surface area contributed by atoms with Crippen molar-refractivity contribution in [3.8, 4) is 0 Å². The average Bonchev–Trinajstić information content (AvgIpc) is 3.27. The molecule has 0 aliphatic heterocycles. The van der Waals surface area contributed by atoms with Gasteiger partial charge in [0.25, 0.3) is 0 Å². The van der Waals surface area contributed by atoms with Crippen LogP contribution in [-0.2, 0) is 6.54 Å². The standard InChI is InChI=1S/C24H48N10/c25-9-12-28-16-20-33(21-17-29-13-10-26)22-18-30-15-14-27-11-5-1-2-6-19-34-31-23-7-3-4-8-24(23)32-34/h3-4,7-8,27-30H,1-2,5-6,9-22,25-26H2. The van der Waals surface area contributed by atoms with Crippen molar-refractivity contribution in [2.24, 2.45) is 11.5 Å². The molecule has 1 heterocycles. The molecule has 0 amide bonds. The first-order chi connectivity index (χ1) is 16.8. The summed E-state index contributed by atoms with van der Waals surface area (Å²) in [6.07, 6.45) is 4.80. The monoisotopic (exact) mass is 476 g/mol. The Morgan fingerprint density at radius 3 is 1.68 bits per heavy atom. The second-order valence-electron chi connectivity index (χ2n) is 8.62. The number of nitrogens with two attached hydrogens (primary N) is 2. The maximum absolute atomic E-state index is 5.55. The molecule has 0 unspecified atom stereocenters. The molecule has 0 atom stereocenters. The third kappa shape index (κ3) is 13.3. The van der Waals surface area contributed by atoms with Crippen LogP contribution in [0.3, 0.4) is 0 Å². The number of hydrogen-bond acceptors (Lipinski definition) is 9. The van der Waals surface area contributed by atoms with E-state index < -0.39 is 0 Å². The zero-order valence-corrected chi connectivity index (χ0v) is 21.0. The number of aromatic nitrogens is 3. The summed E-state index contributed by atoms with van der Waals surface area (Å²) in [4.78, 5) is 4.32. The first kappa shape index (κ1) is 28.6. The van der Waals surface area contributed by atoms with E-state index in [1.165, 1.54) is 19.3 Å². The van der Waals surface area contributed by atoms with Gasteiger partial charge in [0.05, 0.1) is 6.54 Å². The Bertz CT molecular complexity index is 678. The molecule has 10 heteroatoms. The molecule has 0 fully saturated rings. The Morgan fingerprint density at radius 2 is 1.12 bits per heavy atom. The molecule has 1 aromatic carbocycles. The minimum atomic E-state index is 0.687. The Balaban J connectivity index is 1.40. The van der Waals surface area contributed by atoms with E-state index in [1.54, 1.807) is 0 Å². The number of unbranched alkanes of at least 4 members (excludes halogenated alkanes) is 3. The van der Waals surface area contributed by atoms with Gasteiger partial charge in [-0.25, -0.2) is 0 Å². The number of benzene rings is 1. The van der Waals surface area contributed by atoms with E-state index in [-0.39, 0.29) is 0 Å². The van der Waals surface area contributed by atoms with Crippen LogP contribution in [0.2, 0.25) is 0 Å². The molecule has 0 bridgehead atoms. The second kappa shape index (κ2) is 19.6. The van der Waals surface area contributed by atoms with Crippen molar-refractivity contribution in [3.05, 3.63) is 24.3 Å². The maximum Gasteiger partial charge on any atom is 0.113 e. The van der Waals surface area contributed by atoms with Crippen molar-refractivity contribution < 1.29 is 0 Å². The lowest BCUT2D eigenvalue weighted by atomic mass is 10.2. The third-order valence-corrected chi connectivity index (χ3v) is 5.72. The highest BCUT2D eigenvalue weighted by atomic mass is 15.5. The van der Waals surface area contributed by atoms with Crippen LogP contribution < -0.4 is 32.7 Å². The van der Waals surface area contributed by atoms with Gasteiger partial charge in [-0.3, -0.25) is 4.90 Å². The first-order valence-electron chi connectivity index (χ1n) is 13.1. The number of nitrogens with one attached hydrogen (secondary N) is 4. The van der Waals surface area contributed by atoms with Gasteiger partial charge in [0.1, 0.15) is 11.0 Å². The van der Waals surface area contributed by atoms with Gasteiger partial charge in [0, 0.05) is 78.5 Å². The van der Waals surface area contributed by atoms with Gasteiger partial charge in [0.2, 0.25) is 0 Å². The highest BCUT2D eigenvalue weighted by Gasteiger charge is 2.04. The van der Waals surface area contributed by atoms with E-state index in [2.05, 4.69) is 36.4 Å². The molecule has 8 N–H and O–H groups in total. The number of nitrogens with zero attached hydrogens (tertiary/aromatic N) is 4. The molecule has 0 spiro atoms. The topological polar surface area (TPSA) is 134 Å². The predicted molar refractivity (Wildman–Crippen MR) is 142 cm³/mol. The van der Waals surface area contributed by atoms with Crippen LogP contribution >= 0.6 is 0 Å². The predicted octanol–water partition coefficient (Wildman–Crippen LogP) is -0.430. The van der Waals surface area contributed by atoms with Gasteiger partial charge < -0.3 is 32.7 Å². The van der Waals surface area contributed by atoms with E-state index in [1.807, 2.05) is 29.1 Å². The molecule has 10 nitrogen and oxygen atoms in total. The summed E-state index contributed by atoms with van der Waals surface area (Å²) in [5.74, 6) is 0. The minimum absolute atomic E-state index is 0.687. The summed E-state index contributed by atoms with van der Waals surface area (Å²) in [6.45, 7) is 13.2. The molecule has 34 heavy (non-hydrogen) atoms. The fraction of sp³-hybridized carbons (Fsp3) is 0.750. The zero-order valence-electron chi connectivity index (χ0n) is 21.0. The van der Waals surface area contributed by atoms with Gasteiger partial charge >= 0.3 is 0 Å². The van der Waals surface area contributed by atoms with Gasteiger partial charge in [-0.05, 0) is 31.5 Å². The summed E-state index contributed by atoms with van der Waals surface area (Å²) in [6, 6.07) is 8.04. The second-order valence-corrected chi connectivity index (χ2v) is 8.62. The number of rotatable bonds is 23. The van der Waals surface area contributed by atoms with Crippen molar-refractivity contribution in [1.82, 2.24) is 41.2 Å². The van der Waals surface area contributed by atoms with Crippen molar-refractivity contribution in [2.45, 2.75) is 32.2 Å². The normalized spacial score (nSPS) is 11.7. The summed E-state index contributed by atoms with van der Waals surface area (Å²) in [5.41, 5.74) is 13.1. The fourth-order valence-corrected chi connectivity index (χ4v) is 3.79. The SMILES string of the molecule is NCCNCCN(CCNCCN)CCNCCNCCCCCCn1nc2ccccc2n1. The maximum atomic E-state index is 5.55. The Hall–Kier alpha value is -1.66. The Morgan fingerprint density at radius 1 is 0.618 bits per heavy atom. The summed E-state index contributed by atoms with van der Waals surface area (Å²) >= 11 is 0. The van der Waals surface area contributed by atoms with Gasteiger partial charge in [-0.1, -0.05) is 25.0 Å². The molecule has 0 saturated carbocycles. The first-order valence-corrected chi connectivity index (χ1v) is 13.1. The van der Waals surface area contributed by atoms with Gasteiger partial charge in [-0.2, -0.15) is 15.0 Å². The molecule has 0 saturated heterocycles. The van der Waals surface area contributed by atoms with Crippen LogP contribution in [-0.4, -0.2) is 105 Å². The Kier molecular flexibility index (Phi) is 16.5. The van der Waals surface area contributed by atoms with Gasteiger partial charge in [-0.15, -0.1) is 0 Å². The van der Waals surface area contributed by atoms with E-state index in [9.17, 15) is 0 Å². The van der Waals surface area contributed by atoms with Crippen LogP contribution in [0.1, 0.15) is 25.7 Å². The molecular weight excluding hydrogens is 428 g/mol. The van der Waals surface area contributed by atoms with Crippen LogP contribution in [0.4, 0.5) is 0 Å². The minimum Gasteiger partial charge on any atom is -0.329 e. The third-order valence-electron chi connectivity index (χ3n) is 5.72. The molecule has 2 rings (SSSR count). The smallest absolute Gasteiger partial charge is 0.113 e. The number of hydrogen-bond donors (Lipinski definition) is 6. The zero-order chi connectivity index (χ0) is 24.1. The van der Waals surface area contributed by atoms with Crippen LogP contribution in [0.5, 0.6) is 0 Å². The van der Waals surface area contributed by atoms with Crippen LogP contribution in [0.15, 0.2) is 24.3 Å². The largest absolute Gasteiger partial charge is 0.329 e. The summed E-state index contributed by atoms with van der Waals surface area (Å²) in [5, 5.41) is 22.9. The lowest BCUT2D eigenvalue weighted by molar-refractivity contribution is 0.273. The van der Waals surface area contributed by atoms with Crippen molar-refractivity contribution >= 4 is 11.0 Å². The molecule has 0 radical (unpaired) electrons. The molecule has 0 aliphatic rings. The highest BCUT2D eigenvalue weighted by Crippen LogP contribution is 2.08. The lowest BCUT2D eigenvalue weighted by Gasteiger charge is -2.23.